The van der Waals surface area contributed by atoms with E-state index in [1.165, 1.54) is 0 Å². The molecule has 1 aromatic rings. The Kier molecular flexibility index (Phi) is 6.69. The standard InChI is InChI=1S/C16H31N3O/c1-7-9-17-13(14(20-6)16(3,4)5)15-18-10-12-19(15)11-8-2/h10,12-14,17H,7-9,11H2,1-6H3. The maximum absolute atomic E-state index is 5.82. The summed E-state index contributed by atoms with van der Waals surface area (Å²) >= 11 is 0. The van der Waals surface area contributed by atoms with Gasteiger partial charge in [-0.2, -0.15) is 0 Å². The summed E-state index contributed by atoms with van der Waals surface area (Å²) in [5.41, 5.74) is 0.0587. The smallest absolute Gasteiger partial charge is 0.128 e. The van der Waals surface area contributed by atoms with Gasteiger partial charge in [-0.3, -0.25) is 0 Å². The van der Waals surface area contributed by atoms with E-state index in [4.69, 9.17) is 4.74 Å². The summed E-state index contributed by atoms with van der Waals surface area (Å²) in [6, 6.07) is 0.126. The number of aromatic nitrogens is 2. The molecule has 20 heavy (non-hydrogen) atoms. The van der Waals surface area contributed by atoms with Gasteiger partial charge in [0.15, 0.2) is 0 Å². The summed E-state index contributed by atoms with van der Waals surface area (Å²) in [4.78, 5) is 4.59. The molecular formula is C16H31N3O. The van der Waals surface area contributed by atoms with E-state index < -0.39 is 0 Å². The van der Waals surface area contributed by atoms with E-state index in [-0.39, 0.29) is 17.6 Å². The van der Waals surface area contributed by atoms with Crippen LogP contribution in [0, 0.1) is 5.41 Å². The summed E-state index contributed by atoms with van der Waals surface area (Å²) in [5, 5.41) is 3.62. The van der Waals surface area contributed by atoms with E-state index >= 15 is 0 Å². The van der Waals surface area contributed by atoms with Crippen molar-refractivity contribution < 1.29 is 4.74 Å². The van der Waals surface area contributed by atoms with E-state index in [1.54, 1.807) is 7.11 Å². The van der Waals surface area contributed by atoms with Crippen molar-refractivity contribution in [3.05, 3.63) is 18.2 Å². The second-order valence-corrected chi connectivity index (χ2v) is 6.43. The van der Waals surface area contributed by atoms with Gasteiger partial charge in [0.05, 0.1) is 12.1 Å². The van der Waals surface area contributed by atoms with Gasteiger partial charge in [0.1, 0.15) is 5.82 Å². The molecule has 1 heterocycles. The molecule has 2 unspecified atom stereocenters. The van der Waals surface area contributed by atoms with E-state index in [9.17, 15) is 0 Å². The lowest BCUT2D eigenvalue weighted by molar-refractivity contribution is -0.0148. The van der Waals surface area contributed by atoms with Crippen molar-refractivity contribution in [2.45, 2.75) is 66.2 Å². The van der Waals surface area contributed by atoms with Gasteiger partial charge in [-0.1, -0.05) is 34.6 Å². The first-order valence-corrected chi connectivity index (χ1v) is 7.72. The number of ether oxygens (including phenoxy) is 1. The maximum atomic E-state index is 5.82. The summed E-state index contributed by atoms with van der Waals surface area (Å²) < 4.78 is 8.06. The molecular weight excluding hydrogens is 250 g/mol. The third kappa shape index (κ3) is 4.32. The zero-order valence-electron chi connectivity index (χ0n) is 13.9. The Morgan fingerprint density at radius 1 is 1.30 bits per heavy atom. The number of rotatable bonds is 8. The van der Waals surface area contributed by atoms with Crippen molar-refractivity contribution in [2.24, 2.45) is 5.41 Å². The molecule has 0 radical (unpaired) electrons. The SMILES string of the molecule is CCCNC(c1nccn1CCC)C(OC)C(C)(C)C. The lowest BCUT2D eigenvalue weighted by Gasteiger charge is -2.36. The highest BCUT2D eigenvalue weighted by Crippen LogP contribution is 2.32. The van der Waals surface area contributed by atoms with Gasteiger partial charge in [0.2, 0.25) is 0 Å². The minimum absolute atomic E-state index is 0.0587. The molecule has 116 valence electrons. The predicted molar refractivity (Wildman–Crippen MR) is 83.8 cm³/mol. The number of imidazole rings is 1. The number of hydrogen-bond acceptors (Lipinski definition) is 3. The number of hydrogen-bond donors (Lipinski definition) is 1. The van der Waals surface area contributed by atoms with E-state index in [0.29, 0.717) is 0 Å². The molecule has 1 rings (SSSR count). The molecule has 4 nitrogen and oxygen atoms in total. The lowest BCUT2D eigenvalue weighted by Crippen LogP contribution is -2.43. The molecule has 2 atom stereocenters. The van der Waals surface area contributed by atoms with Gasteiger partial charge in [-0.15, -0.1) is 0 Å². The predicted octanol–water partition coefficient (Wildman–Crippen LogP) is 3.39. The Hall–Kier alpha value is -0.870. The van der Waals surface area contributed by atoms with Crippen LogP contribution in [0.25, 0.3) is 0 Å². The average Bonchev–Trinajstić information content (AvgIpc) is 2.81. The highest BCUT2D eigenvalue weighted by molar-refractivity contribution is 5.05. The molecule has 0 aliphatic heterocycles. The minimum atomic E-state index is 0.0587. The zero-order valence-corrected chi connectivity index (χ0v) is 13.9. The van der Waals surface area contributed by atoms with Crippen LogP contribution in [0.15, 0.2) is 12.4 Å². The molecule has 0 aromatic carbocycles. The van der Waals surface area contributed by atoms with Crippen LogP contribution < -0.4 is 5.32 Å². The maximum Gasteiger partial charge on any atom is 0.128 e. The molecule has 4 heteroatoms. The Morgan fingerprint density at radius 2 is 2.00 bits per heavy atom. The lowest BCUT2D eigenvalue weighted by atomic mass is 9.84. The topological polar surface area (TPSA) is 39.1 Å². The van der Waals surface area contributed by atoms with Crippen LogP contribution in [0.1, 0.15) is 59.3 Å². The molecule has 0 aliphatic rings. The van der Waals surface area contributed by atoms with Crippen molar-refractivity contribution in [2.75, 3.05) is 13.7 Å². The molecule has 0 saturated carbocycles. The number of nitrogens with zero attached hydrogens (tertiary/aromatic N) is 2. The Balaban J connectivity index is 3.06. The molecule has 0 spiro atoms. The van der Waals surface area contributed by atoms with Gasteiger partial charge >= 0.3 is 0 Å². The first-order valence-electron chi connectivity index (χ1n) is 7.72. The van der Waals surface area contributed by atoms with Crippen molar-refractivity contribution in [3.63, 3.8) is 0 Å². The van der Waals surface area contributed by atoms with Crippen LogP contribution in [0.3, 0.4) is 0 Å². The van der Waals surface area contributed by atoms with E-state index in [0.717, 1.165) is 31.8 Å². The zero-order chi connectivity index (χ0) is 15.2. The largest absolute Gasteiger partial charge is 0.379 e. The van der Waals surface area contributed by atoms with Crippen LogP contribution >= 0.6 is 0 Å². The van der Waals surface area contributed by atoms with Gasteiger partial charge in [-0.25, -0.2) is 4.98 Å². The van der Waals surface area contributed by atoms with Crippen molar-refractivity contribution in [3.8, 4) is 0 Å². The van der Waals surface area contributed by atoms with Crippen LogP contribution in [0.4, 0.5) is 0 Å². The van der Waals surface area contributed by atoms with E-state index in [2.05, 4.69) is 55.7 Å². The summed E-state index contributed by atoms with van der Waals surface area (Å²) in [6.07, 6.45) is 6.25. The second-order valence-electron chi connectivity index (χ2n) is 6.43. The Bertz CT molecular complexity index is 381. The normalized spacial score (nSPS) is 15.3. The number of aryl methyl sites for hydroxylation is 1. The molecule has 0 fully saturated rings. The second kappa shape index (κ2) is 7.79. The van der Waals surface area contributed by atoms with Gasteiger partial charge < -0.3 is 14.6 Å². The molecule has 1 N–H and O–H groups in total. The fourth-order valence-corrected chi connectivity index (χ4v) is 2.65. The van der Waals surface area contributed by atoms with E-state index in [1.807, 2.05) is 6.20 Å². The van der Waals surface area contributed by atoms with Gasteiger partial charge in [0.25, 0.3) is 0 Å². The van der Waals surface area contributed by atoms with Crippen LogP contribution in [-0.2, 0) is 11.3 Å². The van der Waals surface area contributed by atoms with Gasteiger partial charge in [-0.05, 0) is 24.8 Å². The summed E-state index contributed by atoms with van der Waals surface area (Å²) in [6.45, 7) is 13.0. The first-order chi connectivity index (χ1) is 9.45. The van der Waals surface area contributed by atoms with Crippen LogP contribution in [-0.4, -0.2) is 29.3 Å². The van der Waals surface area contributed by atoms with Crippen molar-refractivity contribution in [1.29, 1.82) is 0 Å². The molecule has 0 bridgehead atoms. The third-order valence-corrected chi connectivity index (χ3v) is 3.51. The average molecular weight is 281 g/mol. The summed E-state index contributed by atoms with van der Waals surface area (Å²) in [7, 11) is 1.80. The van der Waals surface area contributed by atoms with Gasteiger partial charge in [0, 0.05) is 26.0 Å². The van der Waals surface area contributed by atoms with Crippen LogP contribution in [0.2, 0.25) is 0 Å². The van der Waals surface area contributed by atoms with Crippen LogP contribution in [0.5, 0.6) is 0 Å². The minimum Gasteiger partial charge on any atom is -0.379 e. The monoisotopic (exact) mass is 281 g/mol. The molecule has 0 amide bonds. The Labute approximate surface area is 123 Å². The number of nitrogens with one attached hydrogen (secondary N) is 1. The fraction of sp³-hybridized carbons (Fsp3) is 0.812. The van der Waals surface area contributed by atoms with Crippen molar-refractivity contribution >= 4 is 0 Å². The fourth-order valence-electron chi connectivity index (χ4n) is 2.65. The molecule has 0 aliphatic carbocycles. The molecule has 0 saturated heterocycles. The third-order valence-electron chi connectivity index (χ3n) is 3.51. The highest BCUT2D eigenvalue weighted by Gasteiger charge is 2.35. The summed E-state index contributed by atoms with van der Waals surface area (Å²) in [5.74, 6) is 1.09. The number of methoxy groups -OCH3 is 1. The van der Waals surface area contributed by atoms with Crippen molar-refractivity contribution in [1.82, 2.24) is 14.9 Å². The Morgan fingerprint density at radius 3 is 2.50 bits per heavy atom. The molecule has 1 aromatic heterocycles. The quantitative estimate of drug-likeness (QED) is 0.794. The first kappa shape index (κ1) is 17.2. The highest BCUT2D eigenvalue weighted by atomic mass is 16.5.